The number of ether oxygens (including phenoxy) is 1. The van der Waals surface area contributed by atoms with E-state index in [1.807, 2.05) is 18.2 Å². The molecule has 6 heteroatoms. The number of aryl methyl sites for hydroxylation is 1. The van der Waals surface area contributed by atoms with Crippen molar-refractivity contribution in [2.24, 2.45) is 10.9 Å². The molecule has 164 valence electrons. The third-order valence-corrected chi connectivity index (χ3v) is 5.54. The van der Waals surface area contributed by atoms with Gasteiger partial charge < -0.3 is 20.3 Å². The highest BCUT2D eigenvalue weighted by Crippen LogP contribution is 2.17. The van der Waals surface area contributed by atoms with Gasteiger partial charge in [-0.2, -0.15) is 0 Å². The second kappa shape index (κ2) is 12.0. The third kappa shape index (κ3) is 7.86. The summed E-state index contributed by atoms with van der Waals surface area (Å²) in [7, 11) is 2.20. The molecule has 0 bridgehead atoms. The number of likely N-dealkylation sites (N-methyl/N-ethyl adjacent to an activating group) is 1. The van der Waals surface area contributed by atoms with Gasteiger partial charge in [-0.15, -0.1) is 0 Å². The Morgan fingerprint density at radius 2 is 1.79 bits per heavy atom. The fraction of sp³-hybridized carbons (Fsp3) is 0.696. The lowest BCUT2D eigenvalue weighted by molar-refractivity contribution is 0.0925. The summed E-state index contributed by atoms with van der Waals surface area (Å²) < 4.78 is 6.08. The van der Waals surface area contributed by atoms with Gasteiger partial charge in [-0.3, -0.25) is 9.89 Å². The summed E-state index contributed by atoms with van der Waals surface area (Å²) >= 11 is 0. The van der Waals surface area contributed by atoms with Crippen LogP contribution in [-0.2, 0) is 0 Å². The van der Waals surface area contributed by atoms with Gasteiger partial charge >= 0.3 is 0 Å². The van der Waals surface area contributed by atoms with Crippen molar-refractivity contribution < 1.29 is 4.74 Å². The van der Waals surface area contributed by atoms with Gasteiger partial charge in [-0.25, -0.2) is 0 Å². The molecule has 1 saturated heterocycles. The monoisotopic (exact) mass is 403 g/mol. The minimum Gasteiger partial charge on any atom is -0.489 e. The molecule has 0 aromatic heterocycles. The number of nitrogens with zero attached hydrogens (tertiary/aromatic N) is 3. The van der Waals surface area contributed by atoms with Crippen LogP contribution in [-0.4, -0.2) is 80.8 Å². The summed E-state index contributed by atoms with van der Waals surface area (Å²) in [5.74, 6) is 2.39. The predicted octanol–water partition coefficient (Wildman–Crippen LogP) is 2.59. The maximum absolute atomic E-state index is 6.08. The molecular formula is C23H41N5O. The number of hydrogen-bond donors (Lipinski definition) is 2. The highest BCUT2D eigenvalue weighted by Gasteiger charge is 2.24. The molecule has 0 amide bonds. The predicted molar refractivity (Wildman–Crippen MR) is 123 cm³/mol. The average Bonchev–Trinajstić information content (AvgIpc) is 2.69. The summed E-state index contributed by atoms with van der Waals surface area (Å²) in [4.78, 5) is 9.91. The van der Waals surface area contributed by atoms with Gasteiger partial charge in [-0.05, 0) is 45.4 Å². The number of para-hydroxylation sites is 1. The lowest BCUT2D eigenvalue weighted by Crippen LogP contribution is -2.52. The van der Waals surface area contributed by atoms with Gasteiger partial charge in [0.25, 0.3) is 0 Å². The number of rotatable bonds is 9. The Balaban J connectivity index is 1.90. The van der Waals surface area contributed by atoms with Crippen molar-refractivity contribution >= 4 is 5.96 Å². The zero-order chi connectivity index (χ0) is 21.2. The normalized spacial score (nSPS) is 18.5. The SMILES string of the molecule is CCNC(=NCC(C(C)C)N1CCN(C)CC1)NCC(C)Oc1ccccc1C. The van der Waals surface area contributed by atoms with E-state index in [2.05, 4.69) is 68.2 Å². The molecule has 1 heterocycles. The molecular weight excluding hydrogens is 362 g/mol. The minimum atomic E-state index is 0.0542. The van der Waals surface area contributed by atoms with Crippen LogP contribution in [0.4, 0.5) is 0 Å². The van der Waals surface area contributed by atoms with Gasteiger partial charge in [0.1, 0.15) is 11.9 Å². The van der Waals surface area contributed by atoms with Crippen molar-refractivity contribution in [2.45, 2.75) is 46.8 Å². The van der Waals surface area contributed by atoms with E-state index in [0.29, 0.717) is 18.5 Å². The lowest BCUT2D eigenvalue weighted by atomic mass is 10.0. The molecule has 1 aromatic rings. The maximum Gasteiger partial charge on any atom is 0.191 e. The summed E-state index contributed by atoms with van der Waals surface area (Å²) in [6.45, 7) is 17.8. The van der Waals surface area contributed by atoms with E-state index in [1.165, 1.54) is 0 Å². The van der Waals surface area contributed by atoms with Crippen LogP contribution in [0.1, 0.15) is 33.3 Å². The third-order valence-electron chi connectivity index (χ3n) is 5.54. The molecule has 2 rings (SSSR count). The van der Waals surface area contributed by atoms with E-state index in [-0.39, 0.29) is 6.10 Å². The van der Waals surface area contributed by atoms with E-state index in [9.17, 15) is 0 Å². The Morgan fingerprint density at radius 1 is 1.10 bits per heavy atom. The summed E-state index contributed by atoms with van der Waals surface area (Å²) in [5, 5.41) is 6.83. The van der Waals surface area contributed by atoms with Crippen molar-refractivity contribution in [2.75, 3.05) is 52.9 Å². The van der Waals surface area contributed by atoms with Crippen LogP contribution < -0.4 is 15.4 Å². The Morgan fingerprint density at radius 3 is 2.41 bits per heavy atom. The first-order valence-corrected chi connectivity index (χ1v) is 11.1. The first kappa shape index (κ1) is 23.5. The van der Waals surface area contributed by atoms with Gasteiger partial charge in [-0.1, -0.05) is 32.0 Å². The summed E-state index contributed by atoms with van der Waals surface area (Å²) in [6, 6.07) is 8.62. The number of hydrogen-bond acceptors (Lipinski definition) is 4. The molecule has 2 unspecified atom stereocenters. The average molecular weight is 404 g/mol. The van der Waals surface area contributed by atoms with Crippen LogP contribution in [0.25, 0.3) is 0 Å². The fourth-order valence-corrected chi connectivity index (χ4v) is 3.62. The topological polar surface area (TPSA) is 52.1 Å². The van der Waals surface area contributed by atoms with Gasteiger partial charge in [0, 0.05) is 38.8 Å². The summed E-state index contributed by atoms with van der Waals surface area (Å²) in [6.07, 6.45) is 0.0542. The lowest BCUT2D eigenvalue weighted by Gasteiger charge is -2.39. The van der Waals surface area contributed by atoms with Gasteiger partial charge in [0.15, 0.2) is 5.96 Å². The highest BCUT2D eigenvalue weighted by atomic mass is 16.5. The Hall–Kier alpha value is -1.79. The molecule has 6 nitrogen and oxygen atoms in total. The molecule has 1 aliphatic rings. The van der Waals surface area contributed by atoms with Crippen LogP contribution >= 0.6 is 0 Å². The van der Waals surface area contributed by atoms with Crippen LogP contribution in [0, 0.1) is 12.8 Å². The standard InChI is InChI=1S/C23H41N5O/c1-7-24-23(25-16-20(5)29-22-11-9-8-10-19(22)4)26-17-21(18(2)3)28-14-12-27(6)13-15-28/h8-11,18,20-21H,7,12-17H2,1-6H3,(H2,24,25,26). The molecule has 0 radical (unpaired) electrons. The smallest absolute Gasteiger partial charge is 0.191 e. The van der Waals surface area contributed by atoms with Crippen LogP contribution in [0.15, 0.2) is 29.3 Å². The summed E-state index contributed by atoms with van der Waals surface area (Å²) in [5.41, 5.74) is 1.16. The number of guanidine groups is 1. The molecule has 0 aliphatic carbocycles. The van der Waals surface area contributed by atoms with E-state index >= 15 is 0 Å². The molecule has 1 aliphatic heterocycles. The highest BCUT2D eigenvalue weighted by molar-refractivity contribution is 5.79. The second-order valence-corrected chi connectivity index (χ2v) is 8.45. The maximum atomic E-state index is 6.08. The number of piperazine rings is 1. The molecule has 1 fully saturated rings. The van der Waals surface area contributed by atoms with E-state index in [4.69, 9.17) is 9.73 Å². The Bertz CT molecular complexity index is 625. The first-order chi connectivity index (χ1) is 13.9. The number of benzene rings is 1. The molecule has 29 heavy (non-hydrogen) atoms. The fourth-order valence-electron chi connectivity index (χ4n) is 3.62. The second-order valence-electron chi connectivity index (χ2n) is 8.45. The van der Waals surface area contributed by atoms with Crippen molar-refractivity contribution in [1.29, 1.82) is 0 Å². The minimum absolute atomic E-state index is 0.0542. The number of nitrogens with one attached hydrogen (secondary N) is 2. The molecule has 0 spiro atoms. The molecule has 2 atom stereocenters. The van der Waals surface area contributed by atoms with E-state index in [1.54, 1.807) is 0 Å². The number of aliphatic imine (C=N–C) groups is 1. The van der Waals surface area contributed by atoms with Crippen molar-refractivity contribution in [3.8, 4) is 5.75 Å². The largest absolute Gasteiger partial charge is 0.489 e. The van der Waals surface area contributed by atoms with E-state index < -0.39 is 0 Å². The van der Waals surface area contributed by atoms with Crippen LogP contribution in [0.2, 0.25) is 0 Å². The molecule has 1 aromatic carbocycles. The molecule has 0 saturated carbocycles. The Kier molecular flexibility index (Phi) is 9.74. The van der Waals surface area contributed by atoms with Crippen LogP contribution in [0.5, 0.6) is 5.75 Å². The molecule has 2 N–H and O–H groups in total. The van der Waals surface area contributed by atoms with E-state index in [0.717, 1.165) is 56.5 Å². The zero-order valence-corrected chi connectivity index (χ0v) is 19.2. The van der Waals surface area contributed by atoms with Crippen LogP contribution in [0.3, 0.4) is 0 Å². The van der Waals surface area contributed by atoms with Crippen molar-refractivity contribution in [1.82, 2.24) is 20.4 Å². The van der Waals surface area contributed by atoms with Crippen molar-refractivity contribution in [3.05, 3.63) is 29.8 Å². The quantitative estimate of drug-likeness (QED) is 0.490. The zero-order valence-electron chi connectivity index (χ0n) is 19.2. The Labute approximate surface area is 177 Å². The van der Waals surface area contributed by atoms with Gasteiger partial charge in [0.05, 0.1) is 13.1 Å². The van der Waals surface area contributed by atoms with Crippen molar-refractivity contribution in [3.63, 3.8) is 0 Å². The van der Waals surface area contributed by atoms with Gasteiger partial charge in [0.2, 0.25) is 0 Å². The first-order valence-electron chi connectivity index (χ1n) is 11.1.